The van der Waals surface area contributed by atoms with Crippen LogP contribution in [0, 0.1) is 12.7 Å². The van der Waals surface area contributed by atoms with Gasteiger partial charge in [0.05, 0.1) is 12.1 Å². The number of aryl methyl sites for hydroxylation is 1. The summed E-state index contributed by atoms with van der Waals surface area (Å²) in [5, 5.41) is 0. The fourth-order valence-corrected chi connectivity index (χ4v) is 4.48. The Hall–Kier alpha value is -4.00. The maximum absolute atomic E-state index is 14.3. The standard InChI is InChI=1S/C27H25FN4O2/c1-19-9-11-20(12-10-19)24-25(31-16-14-30(15-17-31)23-8-4-5-13-29-23)27(34)32(26(24)33)18-21-6-2-3-7-22(21)28/h2-13H,14-18H2,1H3. The third kappa shape index (κ3) is 4.05. The van der Waals surface area contributed by atoms with E-state index in [0.717, 1.165) is 16.3 Å². The Labute approximate surface area is 197 Å². The van der Waals surface area contributed by atoms with Crippen molar-refractivity contribution in [3.05, 3.63) is 101 Å². The minimum absolute atomic E-state index is 0.100. The van der Waals surface area contributed by atoms with Gasteiger partial charge in [0.2, 0.25) is 0 Å². The topological polar surface area (TPSA) is 56.8 Å². The molecule has 0 saturated carbocycles. The van der Waals surface area contributed by atoms with E-state index < -0.39 is 5.82 Å². The second-order valence-electron chi connectivity index (χ2n) is 8.54. The number of carbonyl (C=O) groups is 2. The minimum Gasteiger partial charge on any atom is -0.363 e. The molecule has 1 aromatic heterocycles. The second kappa shape index (κ2) is 9.09. The van der Waals surface area contributed by atoms with Crippen LogP contribution in [0.5, 0.6) is 0 Å². The molecule has 0 N–H and O–H groups in total. The highest BCUT2D eigenvalue weighted by molar-refractivity contribution is 6.35. The fourth-order valence-electron chi connectivity index (χ4n) is 4.48. The van der Waals surface area contributed by atoms with Crippen molar-refractivity contribution in [2.75, 3.05) is 31.1 Å². The van der Waals surface area contributed by atoms with Crippen molar-refractivity contribution in [1.82, 2.24) is 14.8 Å². The van der Waals surface area contributed by atoms with Gasteiger partial charge in [-0.1, -0.05) is 54.1 Å². The van der Waals surface area contributed by atoms with Crippen LogP contribution in [0.25, 0.3) is 5.57 Å². The van der Waals surface area contributed by atoms with Crippen molar-refractivity contribution in [3.8, 4) is 0 Å². The van der Waals surface area contributed by atoms with Gasteiger partial charge in [0, 0.05) is 37.9 Å². The van der Waals surface area contributed by atoms with Gasteiger partial charge in [-0.25, -0.2) is 9.37 Å². The molecule has 2 aliphatic rings. The van der Waals surface area contributed by atoms with Crippen LogP contribution in [-0.2, 0) is 16.1 Å². The number of benzene rings is 2. The van der Waals surface area contributed by atoms with Crippen molar-refractivity contribution in [3.63, 3.8) is 0 Å². The number of amides is 2. The second-order valence-corrected chi connectivity index (χ2v) is 8.54. The zero-order valence-electron chi connectivity index (χ0n) is 18.9. The molecule has 1 saturated heterocycles. The van der Waals surface area contributed by atoms with E-state index in [4.69, 9.17) is 0 Å². The summed E-state index contributed by atoms with van der Waals surface area (Å²) in [6.07, 6.45) is 1.76. The van der Waals surface area contributed by atoms with E-state index >= 15 is 0 Å². The molecule has 5 rings (SSSR count). The molecule has 0 unspecified atom stereocenters. The summed E-state index contributed by atoms with van der Waals surface area (Å²) in [5.74, 6) is -0.309. The van der Waals surface area contributed by atoms with Gasteiger partial charge >= 0.3 is 0 Å². The highest BCUT2D eigenvalue weighted by atomic mass is 19.1. The highest BCUT2D eigenvalue weighted by Crippen LogP contribution is 2.33. The van der Waals surface area contributed by atoms with Crippen molar-refractivity contribution >= 4 is 23.2 Å². The van der Waals surface area contributed by atoms with E-state index in [1.54, 1.807) is 24.4 Å². The van der Waals surface area contributed by atoms with Gasteiger partial charge in [0.15, 0.2) is 0 Å². The maximum Gasteiger partial charge on any atom is 0.278 e. The predicted molar refractivity (Wildman–Crippen MR) is 128 cm³/mol. The summed E-state index contributed by atoms with van der Waals surface area (Å²) in [7, 11) is 0. The largest absolute Gasteiger partial charge is 0.363 e. The Morgan fingerprint density at radius 3 is 2.18 bits per heavy atom. The number of hydrogen-bond acceptors (Lipinski definition) is 5. The lowest BCUT2D eigenvalue weighted by Gasteiger charge is -2.37. The lowest BCUT2D eigenvalue weighted by molar-refractivity contribution is -0.138. The van der Waals surface area contributed by atoms with Crippen molar-refractivity contribution in [1.29, 1.82) is 0 Å². The number of nitrogens with zero attached hydrogens (tertiary/aromatic N) is 4. The SMILES string of the molecule is Cc1ccc(C2=C(N3CCN(c4ccccn4)CC3)C(=O)N(Cc3ccccc3F)C2=O)cc1. The van der Waals surface area contributed by atoms with Crippen molar-refractivity contribution in [2.45, 2.75) is 13.5 Å². The van der Waals surface area contributed by atoms with Gasteiger partial charge in [-0.05, 0) is 30.7 Å². The van der Waals surface area contributed by atoms with Crippen LogP contribution in [0.1, 0.15) is 16.7 Å². The molecule has 0 radical (unpaired) electrons. The first-order valence-electron chi connectivity index (χ1n) is 11.3. The van der Waals surface area contributed by atoms with Crippen molar-refractivity contribution in [2.24, 2.45) is 0 Å². The maximum atomic E-state index is 14.3. The molecule has 6 nitrogen and oxygen atoms in total. The third-order valence-electron chi connectivity index (χ3n) is 6.34. The molecule has 0 aliphatic carbocycles. The van der Waals surface area contributed by atoms with Gasteiger partial charge in [-0.3, -0.25) is 14.5 Å². The average molecular weight is 457 g/mol. The van der Waals surface area contributed by atoms with Gasteiger partial charge < -0.3 is 9.80 Å². The zero-order valence-corrected chi connectivity index (χ0v) is 18.9. The summed E-state index contributed by atoms with van der Waals surface area (Å²) in [6, 6.07) is 19.6. The molecule has 0 atom stereocenters. The number of halogens is 1. The Morgan fingerprint density at radius 1 is 0.824 bits per heavy atom. The number of anilines is 1. The van der Waals surface area contributed by atoms with Crippen molar-refractivity contribution < 1.29 is 14.0 Å². The molecule has 1 fully saturated rings. The van der Waals surface area contributed by atoms with Gasteiger partial charge in [0.1, 0.15) is 17.3 Å². The summed E-state index contributed by atoms with van der Waals surface area (Å²) in [6.45, 7) is 4.38. The Kier molecular flexibility index (Phi) is 5.84. The minimum atomic E-state index is -0.433. The molecule has 172 valence electrons. The molecule has 7 heteroatoms. The summed E-state index contributed by atoms with van der Waals surface area (Å²) in [5.41, 5.74) is 2.85. The van der Waals surface area contributed by atoms with Crippen LogP contribution in [0.15, 0.2) is 78.6 Å². The predicted octanol–water partition coefficient (Wildman–Crippen LogP) is 3.63. The summed E-state index contributed by atoms with van der Waals surface area (Å²) in [4.78, 5) is 36.9. The van der Waals surface area contributed by atoms with Crippen LogP contribution < -0.4 is 4.90 Å². The van der Waals surface area contributed by atoms with E-state index in [0.29, 0.717) is 48.6 Å². The highest BCUT2D eigenvalue weighted by Gasteiger charge is 2.42. The summed E-state index contributed by atoms with van der Waals surface area (Å²) >= 11 is 0. The molecule has 0 spiro atoms. The smallest absolute Gasteiger partial charge is 0.278 e. The normalized spacial score (nSPS) is 16.6. The number of piperazine rings is 1. The number of imide groups is 1. The van der Waals surface area contributed by atoms with Gasteiger partial charge in [0.25, 0.3) is 11.8 Å². The van der Waals surface area contributed by atoms with E-state index in [2.05, 4.69) is 9.88 Å². The third-order valence-corrected chi connectivity index (χ3v) is 6.34. The molecule has 2 aromatic carbocycles. The van der Waals surface area contributed by atoms with Crippen LogP contribution >= 0.6 is 0 Å². The average Bonchev–Trinajstić information content (AvgIpc) is 3.11. The Morgan fingerprint density at radius 2 is 1.50 bits per heavy atom. The Bertz CT molecular complexity index is 1250. The monoisotopic (exact) mass is 456 g/mol. The van der Waals surface area contributed by atoms with E-state index in [9.17, 15) is 14.0 Å². The van der Waals surface area contributed by atoms with E-state index in [1.807, 2.05) is 54.3 Å². The lowest BCUT2D eigenvalue weighted by Crippen LogP contribution is -2.47. The molecule has 0 bridgehead atoms. The Balaban J connectivity index is 1.46. The van der Waals surface area contributed by atoms with E-state index in [1.165, 1.54) is 6.07 Å². The number of rotatable bonds is 5. The zero-order chi connectivity index (χ0) is 23.7. The number of pyridine rings is 1. The van der Waals surface area contributed by atoms with Crippen LogP contribution in [-0.4, -0.2) is 52.8 Å². The molecule has 34 heavy (non-hydrogen) atoms. The van der Waals surface area contributed by atoms with Crippen LogP contribution in [0.4, 0.5) is 10.2 Å². The summed E-state index contributed by atoms with van der Waals surface area (Å²) < 4.78 is 14.3. The molecule has 3 aromatic rings. The quantitative estimate of drug-likeness (QED) is 0.549. The first kappa shape index (κ1) is 21.8. The molecule has 2 amide bonds. The number of aromatic nitrogens is 1. The first-order valence-corrected chi connectivity index (χ1v) is 11.3. The fraction of sp³-hybridized carbons (Fsp3) is 0.222. The molecule has 2 aliphatic heterocycles. The first-order chi connectivity index (χ1) is 16.5. The number of hydrogen-bond donors (Lipinski definition) is 0. The van der Waals surface area contributed by atoms with Gasteiger partial charge in [-0.2, -0.15) is 0 Å². The number of carbonyl (C=O) groups excluding carboxylic acids is 2. The molecular formula is C27H25FN4O2. The molecular weight excluding hydrogens is 431 g/mol. The molecule has 3 heterocycles. The van der Waals surface area contributed by atoms with Gasteiger partial charge in [-0.15, -0.1) is 0 Å². The van der Waals surface area contributed by atoms with E-state index in [-0.39, 0.29) is 18.4 Å². The van der Waals surface area contributed by atoms with Crippen LogP contribution in [0.3, 0.4) is 0 Å². The lowest BCUT2D eigenvalue weighted by atomic mass is 10.0. The van der Waals surface area contributed by atoms with Crippen LogP contribution in [0.2, 0.25) is 0 Å².